The van der Waals surface area contributed by atoms with E-state index >= 15 is 0 Å². The van der Waals surface area contributed by atoms with Gasteiger partial charge >= 0.3 is 12.1 Å². The molecule has 1 aliphatic rings. The number of pyridine rings is 1. The first-order valence-corrected chi connectivity index (χ1v) is 9.67. The van der Waals surface area contributed by atoms with Crippen LogP contribution in [-0.4, -0.2) is 58.3 Å². The van der Waals surface area contributed by atoms with Crippen molar-refractivity contribution in [2.75, 3.05) is 25.0 Å². The van der Waals surface area contributed by atoms with Crippen LogP contribution in [0.3, 0.4) is 0 Å². The van der Waals surface area contributed by atoms with E-state index in [9.17, 15) is 9.59 Å². The quantitative estimate of drug-likeness (QED) is 0.761. The van der Waals surface area contributed by atoms with Crippen LogP contribution in [0.2, 0.25) is 0 Å². The molecule has 0 radical (unpaired) electrons. The maximum absolute atomic E-state index is 12.5. The first kappa shape index (κ1) is 20.0. The standard InChI is InChI=1S/C20H28N4O4/c1-5-27-18(25)15-12-23-17-14(8-9-21-17)16(15)22-11-13-7-6-10-24(13)19(26)28-20(2,3)4/h8-9,12-13H,5-7,10-11H2,1-4H3,(H2,21,22,23). The molecule has 0 spiro atoms. The Morgan fingerprint density at radius 3 is 2.89 bits per heavy atom. The molecule has 0 aliphatic carbocycles. The Hall–Kier alpha value is -2.77. The van der Waals surface area contributed by atoms with Gasteiger partial charge in [-0.25, -0.2) is 14.6 Å². The third-order valence-corrected chi connectivity index (χ3v) is 4.60. The predicted octanol–water partition coefficient (Wildman–Crippen LogP) is 3.55. The number of hydrogen-bond acceptors (Lipinski definition) is 6. The molecule has 3 heterocycles. The smallest absolute Gasteiger partial charge is 0.410 e. The molecular formula is C20H28N4O4. The van der Waals surface area contributed by atoms with Gasteiger partial charge in [0.15, 0.2) is 0 Å². The molecule has 1 amide bonds. The number of anilines is 1. The molecule has 1 atom stereocenters. The summed E-state index contributed by atoms with van der Waals surface area (Å²) < 4.78 is 10.7. The molecule has 1 aliphatic heterocycles. The van der Waals surface area contributed by atoms with Crippen molar-refractivity contribution in [3.05, 3.63) is 24.0 Å². The minimum absolute atomic E-state index is 0.00736. The van der Waals surface area contributed by atoms with E-state index in [0.29, 0.717) is 36.6 Å². The molecule has 1 fully saturated rings. The Kier molecular flexibility index (Phi) is 5.76. The molecule has 8 heteroatoms. The second kappa shape index (κ2) is 8.08. The molecule has 2 aromatic rings. The molecule has 2 aromatic heterocycles. The number of amides is 1. The van der Waals surface area contributed by atoms with E-state index in [1.807, 2.05) is 26.8 Å². The van der Waals surface area contributed by atoms with Gasteiger partial charge in [-0.1, -0.05) is 0 Å². The number of rotatable bonds is 5. The molecule has 152 valence electrons. The van der Waals surface area contributed by atoms with E-state index in [2.05, 4.69) is 15.3 Å². The zero-order valence-electron chi connectivity index (χ0n) is 16.9. The third-order valence-electron chi connectivity index (χ3n) is 4.60. The summed E-state index contributed by atoms with van der Waals surface area (Å²) >= 11 is 0. The molecular weight excluding hydrogens is 360 g/mol. The predicted molar refractivity (Wildman–Crippen MR) is 107 cm³/mol. The number of hydrogen-bond donors (Lipinski definition) is 2. The van der Waals surface area contributed by atoms with E-state index in [-0.39, 0.29) is 12.1 Å². The zero-order valence-corrected chi connectivity index (χ0v) is 16.9. The van der Waals surface area contributed by atoms with Crippen molar-refractivity contribution >= 4 is 28.8 Å². The van der Waals surface area contributed by atoms with Crippen molar-refractivity contribution in [3.8, 4) is 0 Å². The van der Waals surface area contributed by atoms with Gasteiger partial charge in [-0.2, -0.15) is 0 Å². The minimum atomic E-state index is -0.531. The molecule has 0 aromatic carbocycles. The Balaban J connectivity index is 1.79. The highest BCUT2D eigenvalue weighted by atomic mass is 16.6. The Bertz CT molecular complexity index is 855. The normalized spacial score (nSPS) is 17.0. The summed E-state index contributed by atoms with van der Waals surface area (Å²) in [6.07, 6.45) is 4.79. The van der Waals surface area contributed by atoms with Crippen LogP contribution in [0.15, 0.2) is 18.5 Å². The zero-order chi connectivity index (χ0) is 20.3. The van der Waals surface area contributed by atoms with Crippen molar-refractivity contribution in [1.29, 1.82) is 0 Å². The van der Waals surface area contributed by atoms with Gasteiger partial charge in [0.25, 0.3) is 0 Å². The fourth-order valence-corrected chi connectivity index (χ4v) is 3.39. The van der Waals surface area contributed by atoms with Crippen LogP contribution in [0.25, 0.3) is 11.0 Å². The number of nitrogens with zero attached hydrogens (tertiary/aromatic N) is 2. The summed E-state index contributed by atoms with van der Waals surface area (Å²) in [6, 6.07) is 1.86. The van der Waals surface area contributed by atoms with Crippen LogP contribution in [0.1, 0.15) is 50.9 Å². The van der Waals surface area contributed by atoms with Gasteiger partial charge in [0.1, 0.15) is 16.8 Å². The number of aromatic amines is 1. The number of H-pyrrole nitrogens is 1. The van der Waals surface area contributed by atoms with E-state index < -0.39 is 11.6 Å². The fourth-order valence-electron chi connectivity index (χ4n) is 3.39. The maximum Gasteiger partial charge on any atom is 0.410 e. The van der Waals surface area contributed by atoms with Gasteiger partial charge in [-0.05, 0) is 46.6 Å². The van der Waals surface area contributed by atoms with Gasteiger partial charge in [0, 0.05) is 30.9 Å². The van der Waals surface area contributed by atoms with Crippen molar-refractivity contribution < 1.29 is 19.1 Å². The number of fused-ring (bicyclic) bond motifs is 1. The summed E-state index contributed by atoms with van der Waals surface area (Å²) in [4.78, 5) is 34.0. The van der Waals surface area contributed by atoms with Crippen LogP contribution in [0.5, 0.6) is 0 Å². The molecule has 3 rings (SSSR count). The number of carbonyl (C=O) groups is 2. The van der Waals surface area contributed by atoms with Crippen LogP contribution in [0.4, 0.5) is 10.5 Å². The summed E-state index contributed by atoms with van der Waals surface area (Å²) in [7, 11) is 0. The summed E-state index contributed by atoms with van der Waals surface area (Å²) in [5.74, 6) is -0.420. The van der Waals surface area contributed by atoms with Crippen LogP contribution in [0, 0.1) is 0 Å². The number of likely N-dealkylation sites (tertiary alicyclic amines) is 1. The molecule has 0 bridgehead atoms. The van der Waals surface area contributed by atoms with E-state index in [1.54, 1.807) is 18.0 Å². The molecule has 1 saturated heterocycles. The Morgan fingerprint density at radius 1 is 1.39 bits per heavy atom. The highest BCUT2D eigenvalue weighted by molar-refractivity contribution is 6.04. The molecule has 1 unspecified atom stereocenters. The first-order chi connectivity index (χ1) is 13.3. The van der Waals surface area contributed by atoms with E-state index in [4.69, 9.17) is 9.47 Å². The van der Waals surface area contributed by atoms with Gasteiger partial charge in [0.2, 0.25) is 0 Å². The number of carbonyl (C=O) groups excluding carboxylic acids is 2. The van der Waals surface area contributed by atoms with Crippen molar-refractivity contribution in [3.63, 3.8) is 0 Å². The number of ether oxygens (including phenoxy) is 2. The van der Waals surface area contributed by atoms with Crippen molar-refractivity contribution in [2.45, 2.75) is 52.2 Å². The average molecular weight is 388 g/mol. The monoisotopic (exact) mass is 388 g/mol. The maximum atomic E-state index is 12.5. The Labute approximate surface area is 164 Å². The van der Waals surface area contributed by atoms with E-state index in [1.165, 1.54) is 6.20 Å². The lowest BCUT2D eigenvalue weighted by molar-refractivity contribution is 0.0234. The van der Waals surface area contributed by atoms with Gasteiger partial charge < -0.3 is 24.7 Å². The summed E-state index contributed by atoms with van der Waals surface area (Å²) in [5.41, 5.74) is 1.21. The van der Waals surface area contributed by atoms with Crippen LogP contribution >= 0.6 is 0 Å². The van der Waals surface area contributed by atoms with Crippen LogP contribution in [-0.2, 0) is 9.47 Å². The van der Waals surface area contributed by atoms with E-state index in [0.717, 1.165) is 18.2 Å². The lowest BCUT2D eigenvalue weighted by Gasteiger charge is -2.29. The number of aromatic nitrogens is 2. The highest BCUT2D eigenvalue weighted by Crippen LogP contribution is 2.28. The van der Waals surface area contributed by atoms with Gasteiger partial charge in [-0.15, -0.1) is 0 Å². The van der Waals surface area contributed by atoms with Crippen LogP contribution < -0.4 is 5.32 Å². The largest absolute Gasteiger partial charge is 0.462 e. The fraction of sp³-hybridized carbons (Fsp3) is 0.550. The SMILES string of the molecule is CCOC(=O)c1cnc2[nH]ccc2c1NCC1CCCN1C(=O)OC(C)(C)C. The summed E-state index contributed by atoms with van der Waals surface area (Å²) in [5, 5.41) is 4.17. The summed E-state index contributed by atoms with van der Waals surface area (Å²) in [6.45, 7) is 8.82. The molecule has 2 N–H and O–H groups in total. The van der Waals surface area contributed by atoms with Crippen molar-refractivity contribution in [2.24, 2.45) is 0 Å². The molecule has 8 nitrogen and oxygen atoms in total. The lowest BCUT2D eigenvalue weighted by atomic mass is 10.1. The third kappa shape index (κ3) is 4.37. The highest BCUT2D eigenvalue weighted by Gasteiger charge is 2.32. The number of esters is 1. The first-order valence-electron chi connectivity index (χ1n) is 9.67. The topological polar surface area (TPSA) is 96.5 Å². The number of nitrogens with one attached hydrogen (secondary N) is 2. The molecule has 0 saturated carbocycles. The van der Waals surface area contributed by atoms with Crippen molar-refractivity contribution in [1.82, 2.24) is 14.9 Å². The molecule has 28 heavy (non-hydrogen) atoms. The lowest BCUT2D eigenvalue weighted by Crippen LogP contribution is -2.42. The second-order valence-electron chi connectivity index (χ2n) is 7.86. The Morgan fingerprint density at radius 2 is 2.18 bits per heavy atom. The second-order valence-corrected chi connectivity index (χ2v) is 7.86. The van der Waals surface area contributed by atoms with Gasteiger partial charge in [-0.3, -0.25) is 0 Å². The minimum Gasteiger partial charge on any atom is -0.462 e. The van der Waals surface area contributed by atoms with Gasteiger partial charge in [0.05, 0.1) is 18.3 Å². The average Bonchev–Trinajstić information content (AvgIpc) is 3.27.